The highest BCUT2D eigenvalue weighted by Crippen LogP contribution is 2.28. The molecular weight excluding hydrogens is 252 g/mol. The Kier molecular flexibility index (Phi) is 4.45. The van der Waals surface area contributed by atoms with E-state index in [4.69, 9.17) is 10.5 Å². The minimum absolute atomic E-state index is 0.0296. The standard InChI is InChI=1S/C16H24N2O2/c1-4-12-5-7-13(8-6-12)11(2)18-15(19)16(3)10-20-9-14(16)17/h5-8,11,14H,4,9-10,17H2,1-3H3,(H,18,19). The number of carbonyl (C=O) groups is 1. The van der Waals surface area contributed by atoms with Gasteiger partial charge in [0.05, 0.1) is 24.7 Å². The van der Waals surface area contributed by atoms with Crippen LogP contribution in [0.2, 0.25) is 0 Å². The second-order valence-electron chi connectivity index (χ2n) is 5.83. The van der Waals surface area contributed by atoms with Crippen molar-refractivity contribution >= 4 is 5.91 Å². The molecule has 0 radical (unpaired) electrons. The highest BCUT2D eigenvalue weighted by molar-refractivity contribution is 5.84. The summed E-state index contributed by atoms with van der Waals surface area (Å²) in [6.07, 6.45) is 1.02. The van der Waals surface area contributed by atoms with Crippen LogP contribution in [0.1, 0.15) is 37.9 Å². The van der Waals surface area contributed by atoms with Crippen LogP contribution in [0.3, 0.4) is 0 Å². The number of nitrogens with two attached hydrogens (primary N) is 1. The molecule has 3 N–H and O–H groups in total. The van der Waals surface area contributed by atoms with Gasteiger partial charge >= 0.3 is 0 Å². The molecule has 1 aromatic carbocycles. The first-order valence-corrected chi connectivity index (χ1v) is 7.20. The third kappa shape index (κ3) is 2.86. The van der Waals surface area contributed by atoms with Gasteiger partial charge in [0.2, 0.25) is 5.91 Å². The monoisotopic (exact) mass is 276 g/mol. The molecule has 20 heavy (non-hydrogen) atoms. The maximum absolute atomic E-state index is 12.4. The van der Waals surface area contributed by atoms with Crippen molar-refractivity contribution in [2.24, 2.45) is 11.1 Å². The first kappa shape index (κ1) is 15.0. The van der Waals surface area contributed by atoms with E-state index in [0.717, 1.165) is 12.0 Å². The average molecular weight is 276 g/mol. The Morgan fingerprint density at radius 2 is 2.15 bits per heavy atom. The van der Waals surface area contributed by atoms with Gasteiger partial charge in [-0.25, -0.2) is 0 Å². The zero-order valence-electron chi connectivity index (χ0n) is 12.5. The number of hydrogen-bond acceptors (Lipinski definition) is 3. The fourth-order valence-corrected chi connectivity index (χ4v) is 2.41. The zero-order chi connectivity index (χ0) is 14.8. The fourth-order valence-electron chi connectivity index (χ4n) is 2.41. The molecule has 0 saturated carbocycles. The normalized spacial score (nSPS) is 27.3. The molecule has 0 bridgehead atoms. The predicted molar refractivity (Wildman–Crippen MR) is 79.3 cm³/mol. The summed E-state index contributed by atoms with van der Waals surface area (Å²) < 4.78 is 5.33. The van der Waals surface area contributed by atoms with Gasteiger partial charge in [-0.15, -0.1) is 0 Å². The smallest absolute Gasteiger partial charge is 0.230 e. The van der Waals surface area contributed by atoms with Gasteiger partial charge in [-0.05, 0) is 31.4 Å². The Morgan fingerprint density at radius 3 is 2.65 bits per heavy atom. The Balaban J connectivity index is 2.03. The topological polar surface area (TPSA) is 64.3 Å². The van der Waals surface area contributed by atoms with Crippen molar-refractivity contribution in [2.75, 3.05) is 13.2 Å². The number of rotatable bonds is 4. The molecule has 1 fully saturated rings. The van der Waals surface area contributed by atoms with Crippen molar-refractivity contribution in [3.05, 3.63) is 35.4 Å². The molecule has 1 saturated heterocycles. The van der Waals surface area contributed by atoms with Gasteiger partial charge in [0.1, 0.15) is 0 Å². The molecular formula is C16H24N2O2. The molecule has 2 rings (SSSR count). The van der Waals surface area contributed by atoms with E-state index in [9.17, 15) is 4.79 Å². The molecule has 0 spiro atoms. The number of aryl methyl sites for hydroxylation is 1. The van der Waals surface area contributed by atoms with Crippen molar-refractivity contribution in [3.63, 3.8) is 0 Å². The van der Waals surface area contributed by atoms with Crippen LogP contribution in [0, 0.1) is 5.41 Å². The largest absolute Gasteiger partial charge is 0.379 e. The predicted octanol–water partition coefficient (Wildman–Crippen LogP) is 1.79. The summed E-state index contributed by atoms with van der Waals surface area (Å²) in [4.78, 5) is 12.4. The molecule has 1 aromatic rings. The first-order chi connectivity index (χ1) is 9.47. The minimum Gasteiger partial charge on any atom is -0.379 e. The van der Waals surface area contributed by atoms with Gasteiger partial charge in [0.15, 0.2) is 0 Å². The molecule has 1 aliphatic heterocycles. The van der Waals surface area contributed by atoms with Crippen LogP contribution in [0.4, 0.5) is 0 Å². The third-order valence-electron chi connectivity index (χ3n) is 4.27. The number of hydrogen-bond donors (Lipinski definition) is 2. The van der Waals surface area contributed by atoms with E-state index in [1.54, 1.807) is 0 Å². The van der Waals surface area contributed by atoms with Crippen LogP contribution in [0.25, 0.3) is 0 Å². The lowest BCUT2D eigenvalue weighted by molar-refractivity contribution is -0.131. The number of carbonyl (C=O) groups excluding carboxylic acids is 1. The maximum Gasteiger partial charge on any atom is 0.230 e. The molecule has 3 unspecified atom stereocenters. The summed E-state index contributed by atoms with van der Waals surface area (Å²) in [5, 5.41) is 3.05. The molecule has 110 valence electrons. The molecule has 0 aliphatic carbocycles. The second-order valence-corrected chi connectivity index (χ2v) is 5.83. The van der Waals surface area contributed by atoms with Crippen LogP contribution in [-0.4, -0.2) is 25.2 Å². The molecule has 1 aliphatic rings. The summed E-state index contributed by atoms with van der Waals surface area (Å²) in [6, 6.07) is 8.07. The van der Waals surface area contributed by atoms with E-state index in [0.29, 0.717) is 13.2 Å². The summed E-state index contributed by atoms with van der Waals surface area (Å²) >= 11 is 0. The minimum atomic E-state index is -0.627. The Hall–Kier alpha value is -1.39. The summed E-state index contributed by atoms with van der Waals surface area (Å²) in [5.41, 5.74) is 7.75. The second kappa shape index (κ2) is 5.94. The van der Waals surface area contributed by atoms with Crippen molar-refractivity contribution < 1.29 is 9.53 Å². The molecule has 1 heterocycles. The maximum atomic E-state index is 12.4. The van der Waals surface area contributed by atoms with Crippen molar-refractivity contribution in [3.8, 4) is 0 Å². The van der Waals surface area contributed by atoms with Crippen molar-refractivity contribution in [2.45, 2.75) is 39.3 Å². The van der Waals surface area contributed by atoms with E-state index < -0.39 is 5.41 Å². The van der Waals surface area contributed by atoms with Crippen molar-refractivity contribution in [1.82, 2.24) is 5.32 Å². The SMILES string of the molecule is CCc1ccc(C(C)NC(=O)C2(C)COCC2N)cc1. The highest BCUT2D eigenvalue weighted by atomic mass is 16.5. The summed E-state index contributed by atoms with van der Waals surface area (Å²) in [7, 11) is 0. The van der Waals surface area contributed by atoms with Gasteiger partial charge in [-0.2, -0.15) is 0 Å². The van der Waals surface area contributed by atoms with E-state index in [1.807, 2.05) is 13.8 Å². The van der Waals surface area contributed by atoms with Gasteiger partial charge in [-0.3, -0.25) is 4.79 Å². The molecule has 3 atom stereocenters. The number of benzene rings is 1. The van der Waals surface area contributed by atoms with E-state index in [2.05, 4.69) is 36.5 Å². The van der Waals surface area contributed by atoms with Crippen LogP contribution in [-0.2, 0) is 16.0 Å². The van der Waals surface area contributed by atoms with Gasteiger partial charge < -0.3 is 15.8 Å². The molecule has 4 heteroatoms. The first-order valence-electron chi connectivity index (χ1n) is 7.20. The quantitative estimate of drug-likeness (QED) is 0.881. The van der Waals surface area contributed by atoms with E-state index >= 15 is 0 Å². The number of amides is 1. The van der Waals surface area contributed by atoms with Gasteiger partial charge in [-0.1, -0.05) is 31.2 Å². The number of nitrogens with one attached hydrogen (secondary N) is 1. The average Bonchev–Trinajstić information content (AvgIpc) is 2.80. The molecule has 1 amide bonds. The van der Waals surface area contributed by atoms with E-state index in [-0.39, 0.29) is 18.0 Å². The Labute approximate surface area is 120 Å². The van der Waals surface area contributed by atoms with Crippen LogP contribution < -0.4 is 11.1 Å². The molecule has 4 nitrogen and oxygen atoms in total. The molecule has 0 aromatic heterocycles. The van der Waals surface area contributed by atoms with Crippen molar-refractivity contribution in [1.29, 1.82) is 0 Å². The highest BCUT2D eigenvalue weighted by Gasteiger charge is 2.44. The van der Waals surface area contributed by atoms with Gasteiger partial charge in [0.25, 0.3) is 0 Å². The van der Waals surface area contributed by atoms with Crippen LogP contribution in [0.15, 0.2) is 24.3 Å². The summed E-state index contributed by atoms with van der Waals surface area (Å²) in [5.74, 6) is -0.0328. The Bertz CT molecular complexity index is 472. The van der Waals surface area contributed by atoms with E-state index in [1.165, 1.54) is 5.56 Å². The lowest BCUT2D eigenvalue weighted by Gasteiger charge is -2.27. The van der Waals surface area contributed by atoms with Crippen LogP contribution >= 0.6 is 0 Å². The van der Waals surface area contributed by atoms with Crippen LogP contribution in [0.5, 0.6) is 0 Å². The zero-order valence-corrected chi connectivity index (χ0v) is 12.5. The number of ether oxygens (including phenoxy) is 1. The third-order valence-corrected chi connectivity index (χ3v) is 4.27. The fraction of sp³-hybridized carbons (Fsp3) is 0.562. The summed E-state index contributed by atoms with van der Waals surface area (Å²) in [6.45, 7) is 6.82. The van der Waals surface area contributed by atoms with Gasteiger partial charge in [0, 0.05) is 6.04 Å². The Morgan fingerprint density at radius 1 is 1.50 bits per heavy atom. The lowest BCUT2D eigenvalue weighted by atomic mass is 9.84. The lowest BCUT2D eigenvalue weighted by Crippen LogP contribution is -2.50.